The van der Waals surface area contributed by atoms with Crippen molar-refractivity contribution in [2.24, 2.45) is 0 Å². The van der Waals surface area contributed by atoms with E-state index in [-0.39, 0.29) is 6.04 Å². The summed E-state index contributed by atoms with van der Waals surface area (Å²) in [6.07, 6.45) is 7.38. The van der Waals surface area contributed by atoms with Crippen molar-refractivity contribution < 1.29 is 8.42 Å². The molecule has 0 aromatic carbocycles. The second-order valence-electron chi connectivity index (χ2n) is 6.13. The monoisotopic (exact) mass is 304 g/mol. The van der Waals surface area contributed by atoms with Crippen LogP contribution in [0, 0.1) is 0 Å². The Labute approximate surface area is 125 Å². The minimum Gasteiger partial charge on any atom is -0.315 e. The summed E-state index contributed by atoms with van der Waals surface area (Å²) in [6, 6.07) is 0.730. The molecule has 0 aromatic rings. The molecule has 0 aliphatic heterocycles. The van der Waals surface area contributed by atoms with Gasteiger partial charge in [0, 0.05) is 18.6 Å². The highest BCUT2D eigenvalue weighted by Gasteiger charge is 2.28. The lowest BCUT2D eigenvalue weighted by molar-refractivity contribution is 0.261. The Bertz CT molecular complexity index is 349. The van der Waals surface area contributed by atoms with Crippen molar-refractivity contribution in [2.75, 3.05) is 18.8 Å². The van der Waals surface area contributed by atoms with Crippen LogP contribution in [-0.2, 0) is 10.0 Å². The third kappa shape index (κ3) is 6.10. The number of sulfonamides is 1. The van der Waals surface area contributed by atoms with Crippen molar-refractivity contribution in [1.29, 1.82) is 0 Å². The number of hydrogen-bond donors (Lipinski definition) is 1. The van der Waals surface area contributed by atoms with Gasteiger partial charge in [-0.25, -0.2) is 8.42 Å². The van der Waals surface area contributed by atoms with Crippen molar-refractivity contribution in [3.8, 4) is 0 Å². The topological polar surface area (TPSA) is 49.4 Å². The van der Waals surface area contributed by atoms with E-state index < -0.39 is 10.0 Å². The Morgan fingerprint density at radius 1 is 1.15 bits per heavy atom. The molecular formula is C15H32N2O2S. The van der Waals surface area contributed by atoms with Gasteiger partial charge < -0.3 is 5.32 Å². The molecule has 20 heavy (non-hydrogen) atoms. The first-order valence-electron chi connectivity index (χ1n) is 8.20. The average molecular weight is 304 g/mol. The summed E-state index contributed by atoms with van der Waals surface area (Å²) in [5.74, 6) is 0.303. The minimum atomic E-state index is -3.07. The highest BCUT2D eigenvalue weighted by Crippen LogP contribution is 2.25. The highest BCUT2D eigenvalue weighted by molar-refractivity contribution is 7.89. The Kier molecular flexibility index (Phi) is 8.07. The number of nitrogens with zero attached hydrogens (tertiary/aromatic N) is 1. The van der Waals surface area contributed by atoms with Crippen molar-refractivity contribution >= 4 is 10.0 Å². The van der Waals surface area contributed by atoms with Crippen molar-refractivity contribution in [3.63, 3.8) is 0 Å². The van der Waals surface area contributed by atoms with Crippen LogP contribution in [0.25, 0.3) is 0 Å². The fraction of sp³-hybridized carbons (Fsp3) is 1.00. The van der Waals surface area contributed by atoms with E-state index >= 15 is 0 Å². The summed E-state index contributed by atoms with van der Waals surface area (Å²) in [5.41, 5.74) is 0. The molecule has 0 radical (unpaired) electrons. The molecule has 120 valence electrons. The van der Waals surface area contributed by atoms with E-state index in [1.54, 1.807) is 4.31 Å². The van der Waals surface area contributed by atoms with Crippen LogP contribution >= 0.6 is 0 Å². The number of nitrogens with one attached hydrogen (secondary N) is 1. The van der Waals surface area contributed by atoms with Crippen LogP contribution in [0.3, 0.4) is 0 Å². The largest absolute Gasteiger partial charge is 0.315 e. The maximum atomic E-state index is 12.5. The van der Waals surface area contributed by atoms with Crippen LogP contribution in [0.1, 0.15) is 65.7 Å². The summed E-state index contributed by atoms with van der Waals surface area (Å²) in [7, 11) is -3.07. The van der Waals surface area contributed by atoms with Crippen LogP contribution in [0.5, 0.6) is 0 Å². The standard InChI is InChI=1S/C15H32N2O2S/c1-4-17(15-10-6-5-7-11-15)20(18,19)13-9-8-12-16-14(2)3/h14-16H,4-13H2,1-3H3. The molecule has 1 fully saturated rings. The maximum absolute atomic E-state index is 12.5. The number of hydrogen-bond acceptors (Lipinski definition) is 3. The molecule has 1 N–H and O–H groups in total. The van der Waals surface area contributed by atoms with E-state index in [0.29, 0.717) is 18.3 Å². The number of rotatable bonds is 9. The van der Waals surface area contributed by atoms with Crippen LogP contribution in [0.2, 0.25) is 0 Å². The van der Waals surface area contributed by atoms with Crippen LogP contribution in [0.15, 0.2) is 0 Å². The van der Waals surface area contributed by atoms with Crippen LogP contribution in [0.4, 0.5) is 0 Å². The fourth-order valence-electron chi connectivity index (χ4n) is 2.97. The summed E-state index contributed by atoms with van der Waals surface area (Å²) < 4.78 is 26.7. The van der Waals surface area contributed by atoms with Gasteiger partial charge in [-0.1, -0.05) is 40.0 Å². The van der Waals surface area contributed by atoms with Gasteiger partial charge in [0.05, 0.1) is 5.75 Å². The predicted molar refractivity (Wildman–Crippen MR) is 85.4 cm³/mol. The third-order valence-corrected chi connectivity index (χ3v) is 6.11. The minimum absolute atomic E-state index is 0.257. The van der Waals surface area contributed by atoms with Gasteiger partial charge in [0.1, 0.15) is 0 Å². The molecule has 0 bridgehead atoms. The van der Waals surface area contributed by atoms with E-state index in [2.05, 4.69) is 19.2 Å². The van der Waals surface area contributed by atoms with E-state index in [9.17, 15) is 8.42 Å². The lowest BCUT2D eigenvalue weighted by atomic mass is 9.95. The molecule has 0 spiro atoms. The fourth-order valence-corrected chi connectivity index (χ4v) is 4.83. The SMILES string of the molecule is CCN(C1CCCCC1)S(=O)(=O)CCCCNC(C)C. The van der Waals surface area contributed by atoms with Crippen molar-refractivity contribution in [2.45, 2.75) is 77.8 Å². The first kappa shape index (κ1) is 17.9. The molecule has 4 nitrogen and oxygen atoms in total. The average Bonchev–Trinajstić information content (AvgIpc) is 2.39. The van der Waals surface area contributed by atoms with Crippen LogP contribution in [-0.4, -0.2) is 43.6 Å². The Morgan fingerprint density at radius 2 is 1.80 bits per heavy atom. The molecule has 0 heterocycles. The molecule has 0 amide bonds. The van der Waals surface area contributed by atoms with Crippen LogP contribution < -0.4 is 5.32 Å². The van der Waals surface area contributed by atoms with Gasteiger partial charge in [-0.15, -0.1) is 0 Å². The van der Waals surface area contributed by atoms with Gasteiger partial charge in [-0.3, -0.25) is 0 Å². The molecule has 1 aliphatic rings. The van der Waals surface area contributed by atoms with Crippen molar-refractivity contribution in [1.82, 2.24) is 9.62 Å². The smallest absolute Gasteiger partial charge is 0.214 e. The molecular weight excluding hydrogens is 272 g/mol. The summed E-state index contributed by atoms with van der Waals surface area (Å²) in [6.45, 7) is 7.71. The van der Waals surface area contributed by atoms with E-state index in [0.717, 1.165) is 32.2 Å². The van der Waals surface area contributed by atoms with Gasteiger partial charge in [0.2, 0.25) is 10.0 Å². The van der Waals surface area contributed by atoms with E-state index in [1.807, 2.05) is 6.92 Å². The molecule has 0 unspecified atom stereocenters. The lowest BCUT2D eigenvalue weighted by Gasteiger charge is -2.32. The zero-order chi connectivity index (χ0) is 15.0. The number of unbranched alkanes of at least 4 members (excludes halogenated alkanes) is 1. The van der Waals surface area contributed by atoms with Gasteiger partial charge in [-0.2, -0.15) is 4.31 Å². The lowest BCUT2D eigenvalue weighted by Crippen LogP contribution is -2.42. The quantitative estimate of drug-likeness (QED) is 0.666. The normalized spacial score (nSPS) is 18.1. The Morgan fingerprint density at radius 3 is 2.35 bits per heavy atom. The predicted octanol–water partition coefficient (Wildman–Crippen LogP) is 2.75. The molecule has 0 atom stereocenters. The first-order valence-corrected chi connectivity index (χ1v) is 9.81. The molecule has 1 aliphatic carbocycles. The molecule has 0 saturated heterocycles. The maximum Gasteiger partial charge on any atom is 0.214 e. The Hall–Kier alpha value is -0.130. The zero-order valence-corrected chi connectivity index (χ0v) is 14.2. The Balaban J connectivity index is 2.39. The van der Waals surface area contributed by atoms with Gasteiger partial charge >= 0.3 is 0 Å². The molecule has 1 rings (SSSR count). The van der Waals surface area contributed by atoms with Gasteiger partial charge in [-0.05, 0) is 32.2 Å². The highest BCUT2D eigenvalue weighted by atomic mass is 32.2. The molecule has 1 saturated carbocycles. The second kappa shape index (κ2) is 9.00. The van der Waals surface area contributed by atoms with Gasteiger partial charge in [0.15, 0.2) is 0 Å². The van der Waals surface area contributed by atoms with E-state index in [4.69, 9.17) is 0 Å². The summed E-state index contributed by atoms with van der Waals surface area (Å²) in [4.78, 5) is 0. The second-order valence-corrected chi connectivity index (χ2v) is 8.17. The van der Waals surface area contributed by atoms with Gasteiger partial charge in [0.25, 0.3) is 0 Å². The summed E-state index contributed by atoms with van der Waals surface area (Å²) in [5, 5.41) is 3.33. The zero-order valence-electron chi connectivity index (χ0n) is 13.4. The summed E-state index contributed by atoms with van der Waals surface area (Å²) >= 11 is 0. The van der Waals surface area contributed by atoms with E-state index in [1.165, 1.54) is 19.3 Å². The molecule has 0 aromatic heterocycles. The third-order valence-electron chi connectivity index (χ3n) is 4.03. The van der Waals surface area contributed by atoms with Crippen molar-refractivity contribution in [3.05, 3.63) is 0 Å². The first-order chi connectivity index (χ1) is 9.47. The molecule has 5 heteroatoms.